The first-order valence-corrected chi connectivity index (χ1v) is 10.2. The Kier molecular flexibility index (Phi) is 7.91. The van der Waals surface area contributed by atoms with Crippen molar-refractivity contribution in [1.82, 2.24) is 10.2 Å². The Balaban J connectivity index is 1.71. The highest BCUT2D eigenvalue weighted by molar-refractivity contribution is 5.93. The predicted octanol–water partition coefficient (Wildman–Crippen LogP) is 2.44. The number of hydrogen-bond acceptors (Lipinski definition) is 7. The third-order valence-electron chi connectivity index (χ3n) is 5.20. The second kappa shape index (κ2) is 11.0. The Morgan fingerprint density at radius 1 is 1.06 bits per heavy atom. The standard InChI is InChI=1S/C24H26N2O7/c1-30-18-10-9-17(20(13-18)31-2)14-26-19(11-12-21(27)32-3)22(23(26)28)25-24(29)33-15-16-7-5-4-6-8-16/h4-13,19,22H,14-15H2,1-3H3,(H,25,29)/t19-,22+/m0/s1. The molecule has 0 radical (unpaired) electrons. The number of hydrogen-bond donors (Lipinski definition) is 1. The Bertz CT molecular complexity index is 1020. The van der Waals surface area contributed by atoms with Crippen LogP contribution < -0.4 is 14.8 Å². The molecule has 1 saturated heterocycles. The quantitative estimate of drug-likeness (QED) is 0.353. The van der Waals surface area contributed by atoms with Gasteiger partial charge >= 0.3 is 12.1 Å². The van der Waals surface area contributed by atoms with Crippen LogP contribution in [-0.4, -0.2) is 56.3 Å². The number of methoxy groups -OCH3 is 3. The van der Waals surface area contributed by atoms with Crippen molar-refractivity contribution in [2.75, 3.05) is 21.3 Å². The molecule has 2 aromatic rings. The molecule has 1 aliphatic rings. The van der Waals surface area contributed by atoms with Crippen LogP contribution in [0.15, 0.2) is 60.7 Å². The van der Waals surface area contributed by atoms with Gasteiger partial charge in [-0.15, -0.1) is 0 Å². The van der Waals surface area contributed by atoms with Gasteiger partial charge in [0.2, 0.25) is 5.91 Å². The van der Waals surface area contributed by atoms with Crippen LogP contribution in [-0.2, 0) is 32.2 Å². The molecule has 0 aromatic heterocycles. The summed E-state index contributed by atoms with van der Waals surface area (Å²) in [6.07, 6.45) is 2.01. The molecule has 2 atom stereocenters. The smallest absolute Gasteiger partial charge is 0.408 e. The molecule has 33 heavy (non-hydrogen) atoms. The lowest BCUT2D eigenvalue weighted by Crippen LogP contribution is -2.69. The SMILES string of the molecule is COC(=O)C=C[C@H]1[C@@H](NC(=O)OCc2ccccc2)C(=O)N1Cc1ccc(OC)cc1OC. The zero-order valence-electron chi connectivity index (χ0n) is 18.6. The van der Waals surface area contributed by atoms with Gasteiger partial charge in [-0.2, -0.15) is 0 Å². The van der Waals surface area contributed by atoms with E-state index < -0.39 is 24.1 Å². The molecule has 3 rings (SSSR count). The lowest BCUT2D eigenvalue weighted by atomic mass is 9.93. The van der Waals surface area contributed by atoms with Gasteiger partial charge in [0.15, 0.2) is 0 Å². The highest BCUT2D eigenvalue weighted by Crippen LogP contribution is 2.30. The Hall–Kier alpha value is -4.01. The number of amides is 2. The van der Waals surface area contributed by atoms with Crippen molar-refractivity contribution in [3.63, 3.8) is 0 Å². The first-order chi connectivity index (χ1) is 16.0. The van der Waals surface area contributed by atoms with Gasteiger partial charge in [0.25, 0.3) is 0 Å². The maximum absolute atomic E-state index is 12.9. The molecule has 1 fully saturated rings. The minimum absolute atomic E-state index is 0.0724. The molecule has 0 aliphatic carbocycles. The number of nitrogens with zero attached hydrogens (tertiary/aromatic N) is 1. The normalized spacial score (nSPS) is 17.3. The molecule has 0 saturated carbocycles. The number of alkyl carbamates (subject to hydrolysis) is 1. The number of likely N-dealkylation sites (tertiary alicyclic amines) is 1. The fraction of sp³-hybridized carbons (Fsp3) is 0.292. The molecule has 0 bridgehead atoms. The van der Waals surface area contributed by atoms with Crippen molar-refractivity contribution in [2.24, 2.45) is 0 Å². The summed E-state index contributed by atoms with van der Waals surface area (Å²) >= 11 is 0. The Morgan fingerprint density at radius 2 is 1.82 bits per heavy atom. The van der Waals surface area contributed by atoms with E-state index in [4.69, 9.17) is 14.2 Å². The van der Waals surface area contributed by atoms with E-state index in [0.29, 0.717) is 11.5 Å². The summed E-state index contributed by atoms with van der Waals surface area (Å²) in [5.41, 5.74) is 1.57. The monoisotopic (exact) mass is 454 g/mol. The van der Waals surface area contributed by atoms with Gasteiger partial charge in [-0.05, 0) is 17.7 Å². The molecule has 2 aromatic carbocycles. The van der Waals surface area contributed by atoms with Crippen LogP contribution in [0.25, 0.3) is 0 Å². The number of β-lactam (4-membered cyclic amide) rings is 1. The fourth-order valence-corrected chi connectivity index (χ4v) is 3.42. The van der Waals surface area contributed by atoms with E-state index in [1.54, 1.807) is 25.3 Å². The number of rotatable bonds is 9. The summed E-state index contributed by atoms with van der Waals surface area (Å²) in [4.78, 5) is 38.3. The minimum Gasteiger partial charge on any atom is -0.497 e. The van der Waals surface area contributed by atoms with Gasteiger partial charge < -0.3 is 29.2 Å². The predicted molar refractivity (Wildman–Crippen MR) is 119 cm³/mol. The van der Waals surface area contributed by atoms with E-state index >= 15 is 0 Å². The molecular weight excluding hydrogens is 428 g/mol. The summed E-state index contributed by atoms with van der Waals surface area (Å²) in [6, 6.07) is 13.0. The maximum atomic E-state index is 12.9. The van der Waals surface area contributed by atoms with E-state index in [-0.39, 0.29) is 19.1 Å². The number of nitrogens with one attached hydrogen (secondary N) is 1. The number of benzene rings is 2. The van der Waals surface area contributed by atoms with Gasteiger partial charge in [-0.3, -0.25) is 4.79 Å². The van der Waals surface area contributed by atoms with Crippen molar-refractivity contribution < 1.29 is 33.3 Å². The molecule has 0 spiro atoms. The molecule has 9 heteroatoms. The van der Waals surface area contributed by atoms with Gasteiger partial charge in [0, 0.05) is 17.7 Å². The summed E-state index contributed by atoms with van der Waals surface area (Å²) in [7, 11) is 4.33. The topological polar surface area (TPSA) is 103 Å². The van der Waals surface area contributed by atoms with Crippen LogP contribution in [0.1, 0.15) is 11.1 Å². The number of carbonyl (C=O) groups excluding carboxylic acids is 3. The van der Waals surface area contributed by atoms with Crippen LogP contribution in [0.5, 0.6) is 11.5 Å². The third kappa shape index (κ3) is 5.82. The summed E-state index contributed by atoms with van der Waals surface area (Å²) in [5, 5.41) is 2.58. The second-order valence-corrected chi connectivity index (χ2v) is 7.20. The van der Waals surface area contributed by atoms with E-state index in [1.165, 1.54) is 31.3 Å². The molecule has 1 heterocycles. The first-order valence-electron chi connectivity index (χ1n) is 10.2. The zero-order chi connectivity index (χ0) is 23.8. The van der Waals surface area contributed by atoms with Gasteiger partial charge in [0.05, 0.1) is 33.9 Å². The van der Waals surface area contributed by atoms with Gasteiger partial charge in [-0.1, -0.05) is 36.4 Å². The van der Waals surface area contributed by atoms with Crippen LogP contribution in [0.2, 0.25) is 0 Å². The average Bonchev–Trinajstić information content (AvgIpc) is 2.86. The number of ether oxygens (including phenoxy) is 4. The van der Waals surface area contributed by atoms with Crippen LogP contribution >= 0.6 is 0 Å². The summed E-state index contributed by atoms with van der Waals surface area (Å²) in [5.74, 6) is 0.288. The van der Waals surface area contributed by atoms with Gasteiger partial charge in [-0.25, -0.2) is 9.59 Å². The van der Waals surface area contributed by atoms with Crippen LogP contribution in [0, 0.1) is 0 Å². The highest BCUT2D eigenvalue weighted by atomic mass is 16.5. The number of esters is 1. The van der Waals surface area contributed by atoms with Crippen molar-refractivity contribution in [3.8, 4) is 11.5 Å². The van der Waals surface area contributed by atoms with E-state index in [9.17, 15) is 14.4 Å². The molecule has 0 unspecified atom stereocenters. The lowest BCUT2D eigenvalue weighted by Gasteiger charge is -2.45. The van der Waals surface area contributed by atoms with E-state index in [0.717, 1.165) is 11.1 Å². The van der Waals surface area contributed by atoms with Crippen molar-refractivity contribution in [3.05, 3.63) is 71.8 Å². The van der Waals surface area contributed by atoms with Crippen LogP contribution in [0.3, 0.4) is 0 Å². The van der Waals surface area contributed by atoms with Crippen LogP contribution in [0.4, 0.5) is 4.79 Å². The zero-order valence-corrected chi connectivity index (χ0v) is 18.6. The molecular formula is C24H26N2O7. The fourth-order valence-electron chi connectivity index (χ4n) is 3.42. The summed E-state index contributed by atoms with van der Waals surface area (Å²) < 4.78 is 20.5. The Morgan fingerprint density at radius 3 is 2.48 bits per heavy atom. The molecule has 9 nitrogen and oxygen atoms in total. The van der Waals surface area contributed by atoms with E-state index in [2.05, 4.69) is 10.1 Å². The lowest BCUT2D eigenvalue weighted by molar-refractivity contribution is -0.149. The van der Waals surface area contributed by atoms with Crippen molar-refractivity contribution in [1.29, 1.82) is 0 Å². The first kappa shape index (κ1) is 23.6. The Labute approximate surface area is 191 Å². The van der Waals surface area contributed by atoms with Crippen molar-refractivity contribution in [2.45, 2.75) is 25.2 Å². The number of carbonyl (C=O) groups is 3. The average molecular weight is 454 g/mol. The largest absolute Gasteiger partial charge is 0.497 e. The van der Waals surface area contributed by atoms with E-state index in [1.807, 2.05) is 30.3 Å². The highest BCUT2D eigenvalue weighted by Gasteiger charge is 2.47. The molecule has 174 valence electrons. The summed E-state index contributed by atoms with van der Waals surface area (Å²) in [6.45, 7) is 0.280. The molecule has 1 aliphatic heterocycles. The minimum atomic E-state index is -0.876. The van der Waals surface area contributed by atoms with Gasteiger partial charge in [0.1, 0.15) is 24.1 Å². The molecule has 1 N–H and O–H groups in total. The third-order valence-corrected chi connectivity index (χ3v) is 5.20. The second-order valence-electron chi connectivity index (χ2n) is 7.20. The van der Waals surface area contributed by atoms with Crippen molar-refractivity contribution >= 4 is 18.0 Å². The molecule has 2 amide bonds. The maximum Gasteiger partial charge on any atom is 0.408 e.